The molecule has 5 nitrogen and oxygen atoms in total. The number of hydrogen-bond acceptors (Lipinski definition) is 5. The number of carbonyl (C=O) groups is 1. The Morgan fingerprint density at radius 3 is 1.96 bits per heavy atom. The molecule has 140 valence electrons. The van der Waals surface area contributed by atoms with E-state index in [-0.39, 0.29) is 0 Å². The van der Waals surface area contributed by atoms with E-state index >= 15 is 0 Å². The van der Waals surface area contributed by atoms with Gasteiger partial charge >= 0.3 is 5.97 Å². The van der Waals surface area contributed by atoms with Crippen LogP contribution in [0.4, 0.5) is 0 Å². The molecule has 0 heterocycles. The molecule has 2 rings (SSSR count). The smallest absolute Gasteiger partial charge is 0.343 e. The summed E-state index contributed by atoms with van der Waals surface area (Å²) >= 11 is 3.41. The van der Waals surface area contributed by atoms with Crippen LogP contribution in [-0.2, 0) is 0 Å². The van der Waals surface area contributed by atoms with Crippen LogP contribution in [0.3, 0.4) is 0 Å². The predicted octanol–water partition coefficient (Wildman–Crippen LogP) is 5.17. The van der Waals surface area contributed by atoms with E-state index < -0.39 is 5.97 Å². The van der Waals surface area contributed by atoms with Gasteiger partial charge in [0.1, 0.15) is 5.75 Å². The second kappa shape index (κ2) is 9.48. The van der Waals surface area contributed by atoms with Crippen LogP contribution in [0.25, 0.3) is 0 Å². The lowest BCUT2D eigenvalue weighted by atomic mass is 10.1. The van der Waals surface area contributed by atoms with Crippen LogP contribution in [0, 0.1) is 6.92 Å². The topological polar surface area (TPSA) is 54.0 Å². The zero-order valence-electron chi connectivity index (χ0n) is 15.4. The zero-order chi connectivity index (χ0) is 19.1. The third kappa shape index (κ3) is 4.91. The van der Waals surface area contributed by atoms with E-state index in [1.165, 1.54) is 0 Å². The number of esters is 1. The van der Waals surface area contributed by atoms with Gasteiger partial charge in [0, 0.05) is 0 Å². The van der Waals surface area contributed by atoms with Crippen molar-refractivity contribution in [1.29, 1.82) is 0 Å². The largest absolute Gasteiger partial charge is 0.490 e. The van der Waals surface area contributed by atoms with Crippen molar-refractivity contribution in [2.24, 2.45) is 0 Å². The molecule has 0 aliphatic heterocycles. The number of ether oxygens (including phenoxy) is 4. The normalized spacial score (nSPS) is 10.3. The Hall–Kier alpha value is -2.21. The molecule has 2 aromatic carbocycles. The van der Waals surface area contributed by atoms with E-state index in [2.05, 4.69) is 15.9 Å². The van der Waals surface area contributed by atoms with Crippen LogP contribution < -0.4 is 18.9 Å². The van der Waals surface area contributed by atoms with Crippen molar-refractivity contribution >= 4 is 21.9 Å². The maximum atomic E-state index is 12.6. The first-order valence-electron chi connectivity index (χ1n) is 8.54. The van der Waals surface area contributed by atoms with Gasteiger partial charge in [0.25, 0.3) is 0 Å². The minimum Gasteiger partial charge on any atom is -0.490 e. The van der Waals surface area contributed by atoms with Gasteiger partial charge in [-0.15, -0.1) is 0 Å². The van der Waals surface area contributed by atoms with Gasteiger partial charge in [0.15, 0.2) is 11.5 Å². The minimum atomic E-state index is -0.500. The SMILES string of the molecule is CCOc1cc(C(=O)Oc2ccc(C)cc2Br)cc(OCC)c1OCC. The van der Waals surface area contributed by atoms with E-state index in [0.717, 1.165) is 5.56 Å². The third-order valence-electron chi connectivity index (χ3n) is 3.43. The molecular weight excluding hydrogens is 400 g/mol. The number of rotatable bonds is 8. The molecule has 0 bridgehead atoms. The fourth-order valence-corrected chi connectivity index (χ4v) is 2.93. The third-order valence-corrected chi connectivity index (χ3v) is 4.05. The number of hydrogen-bond donors (Lipinski definition) is 0. The molecule has 0 aliphatic rings. The summed E-state index contributed by atoms with van der Waals surface area (Å²) in [5.41, 5.74) is 1.39. The van der Waals surface area contributed by atoms with Gasteiger partial charge in [-0.05, 0) is 73.5 Å². The first-order chi connectivity index (χ1) is 12.5. The van der Waals surface area contributed by atoms with Gasteiger partial charge in [-0.3, -0.25) is 0 Å². The minimum absolute atomic E-state index is 0.327. The van der Waals surface area contributed by atoms with E-state index in [0.29, 0.717) is 52.9 Å². The van der Waals surface area contributed by atoms with Crippen molar-refractivity contribution in [2.45, 2.75) is 27.7 Å². The molecule has 0 aromatic heterocycles. The van der Waals surface area contributed by atoms with E-state index in [1.54, 1.807) is 18.2 Å². The van der Waals surface area contributed by atoms with Crippen molar-refractivity contribution in [2.75, 3.05) is 19.8 Å². The Bertz CT molecular complexity index is 746. The molecular formula is C20H23BrO5. The van der Waals surface area contributed by atoms with Gasteiger partial charge in [-0.1, -0.05) is 6.07 Å². The number of aryl methyl sites for hydroxylation is 1. The van der Waals surface area contributed by atoms with Crippen molar-refractivity contribution in [1.82, 2.24) is 0 Å². The molecule has 0 N–H and O–H groups in total. The summed E-state index contributed by atoms with van der Waals surface area (Å²) in [6, 6.07) is 8.74. The summed E-state index contributed by atoms with van der Waals surface area (Å²) in [6.07, 6.45) is 0. The van der Waals surface area contributed by atoms with Crippen molar-refractivity contribution < 1.29 is 23.7 Å². The maximum Gasteiger partial charge on any atom is 0.343 e. The van der Waals surface area contributed by atoms with E-state index in [4.69, 9.17) is 18.9 Å². The Labute approximate surface area is 162 Å². The monoisotopic (exact) mass is 422 g/mol. The first kappa shape index (κ1) is 20.1. The highest BCUT2D eigenvalue weighted by Crippen LogP contribution is 2.39. The maximum absolute atomic E-state index is 12.6. The quantitative estimate of drug-likeness (QED) is 0.433. The Kier molecular flexibility index (Phi) is 7.33. The highest BCUT2D eigenvalue weighted by Gasteiger charge is 2.20. The molecule has 0 saturated carbocycles. The lowest BCUT2D eigenvalue weighted by Gasteiger charge is -2.17. The number of carbonyl (C=O) groups excluding carboxylic acids is 1. The van der Waals surface area contributed by atoms with Crippen LogP contribution in [0.1, 0.15) is 36.7 Å². The molecule has 26 heavy (non-hydrogen) atoms. The van der Waals surface area contributed by atoms with Gasteiger partial charge < -0.3 is 18.9 Å². The van der Waals surface area contributed by atoms with E-state index in [1.807, 2.05) is 39.8 Å². The van der Waals surface area contributed by atoms with Gasteiger partial charge in [0.2, 0.25) is 5.75 Å². The lowest BCUT2D eigenvalue weighted by molar-refractivity contribution is 0.0732. The van der Waals surface area contributed by atoms with Crippen LogP contribution in [0.5, 0.6) is 23.0 Å². The second-order valence-corrected chi connectivity index (χ2v) is 6.28. The summed E-state index contributed by atoms with van der Waals surface area (Å²) in [4.78, 5) is 12.6. The fraction of sp³-hybridized carbons (Fsp3) is 0.350. The Balaban J connectivity index is 2.38. The summed E-state index contributed by atoms with van der Waals surface area (Å²) in [5.74, 6) is 1.35. The summed E-state index contributed by atoms with van der Waals surface area (Å²) in [7, 11) is 0. The molecule has 0 saturated heterocycles. The summed E-state index contributed by atoms with van der Waals surface area (Å²) in [6.45, 7) is 8.91. The Morgan fingerprint density at radius 1 is 0.885 bits per heavy atom. The average molecular weight is 423 g/mol. The number of benzene rings is 2. The molecule has 6 heteroatoms. The van der Waals surface area contributed by atoms with Gasteiger partial charge in [-0.25, -0.2) is 4.79 Å². The van der Waals surface area contributed by atoms with E-state index in [9.17, 15) is 4.79 Å². The second-order valence-electron chi connectivity index (χ2n) is 5.42. The predicted molar refractivity (Wildman–Crippen MR) is 104 cm³/mol. The first-order valence-corrected chi connectivity index (χ1v) is 9.34. The molecule has 0 atom stereocenters. The van der Waals surface area contributed by atoms with Gasteiger partial charge in [-0.2, -0.15) is 0 Å². The zero-order valence-corrected chi connectivity index (χ0v) is 17.0. The standard InChI is InChI=1S/C20H23BrO5/c1-5-23-17-11-14(12-18(24-6-2)19(17)25-7-3)20(22)26-16-9-8-13(4)10-15(16)21/h8-12H,5-7H2,1-4H3. The van der Waals surface area contributed by atoms with Crippen molar-refractivity contribution in [3.63, 3.8) is 0 Å². The summed E-state index contributed by atoms with van der Waals surface area (Å²) in [5, 5.41) is 0. The molecule has 0 aliphatic carbocycles. The highest BCUT2D eigenvalue weighted by molar-refractivity contribution is 9.10. The van der Waals surface area contributed by atoms with Gasteiger partial charge in [0.05, 0.1) is 29.9 Å². The van der Waals surface area contributed by atoms with Crippen LogP contribution in [0.15, 0.2) is 34.8 Å². The number of halogens is 1. The Morgan fingerprint density at radius 2 is 1.46 bits per heavy atom. The molecule has 0 spiro atoms. The molecule has 0 fully saturated rings. The van der Waals surface area contributed by atoms with Crippen LogP contribution in [0.2, 0.25) is 0 Å². The van der Waals surface area contributed by atoms with Crippen molar-refractivity contribution in [3.8, 4) is 23.0 Å². The van der Waals surface area contributed by atoms with Crippen molar-refractivity contribution in [3.05, 3.63) is 45.9 Å². The molecule has 0 amide bonds. The van der Waals surface area contributed by atoms with Crippen LogP contribution in [-0.4, -0.2) is 25.8 Å². The fourth-order valence-electron chi connectivity index (χ4n) is 2.35. The molecule has 0 radical (unpaired) electrons. The molecule has 2 aromatic rings. The lowest BCUT2D eigenvalue weighted by Crippen LogP contribution is -2.11. The highest BCUT2D eigenvalue weighted by atomic mass is 79.9. The summed E-state index contributed by atoms with van der Waals surface area (Å²) < 4.78 is 23.1. The van der Waals surface area contributed by atoms with Crippen LogP contribution >= 0.6 is 15.9 Å². The average Bonchev–Trinajstić information content (AvgIpc) is 2.60. The molecule has 0 unspecified atom stereocenters.